The van der Waals surface area contributed by atoms with Gasteiger partial charge >= 0.3 is 0 Å². The first-order valence-corrected chi connectivity index (χ1v) is 8.96. The number of nitrogens with one attached hydrogen (secondary N) is 1. The Labute approximate surface area is 135 Å². The number of ether oxygens (including phenoxy) is 2. The summed E-state index contributed by atoms with van der Waals surface area (Å²) in [5.74, 6) is 0.513. The Morgan fingerprint density at radius 2 is 2.27 bits per heavy atom. The second kappa shape index (κ2) is 7.02. The third-order valence-corrected chi connectivity index (χ3v) is 5.50. The molecule has 1 aromatic carbocycles. The predicted molar refractivity (Wildman–Crippen MR) is 87.0 cm³/mol. The first kappa shape index (κ1) is 15.8. The van der Waals surface area contributed by atoms with Crippen molar-refractivity contribution in [2.75, 3.05) is 19.0 Å². The van der Waals surface area contributed by atoms with Gasteiger partial charge < -0.3 is 14.8 Å². The maximum atomic E-state index is 12.2. The molecule has 1 saturated heterocycles. The average molecular weight is 321 g/mol. The SMILES string of the molecule is CCO[C@@H]1C[C@H](NC(=O)CSc2ccccc2)[C@]12CCCO2. The molecule has 1 saturated carbocycles. The van der Waals surface area contributed by atoms with Crippen molar-refractivity contribution in [1.82, 2.24) is 5.32 Å². The topological polar surface area (TPSA) is 47.6 Å². The van der Waals surface area contributed by atoms with Gasteiger partial charge in [0.15, 0.2) is 0 Å². The fraction of sp³-hybridized carbons (Fsp3) is 0.588. The number of rotatable bonds is 6. The summed E-state index contributed by atoms with van der Waals surface area (Å²) >= 11 is 1.56. The summed E-state index contributed by atoms with van der Waals surface area (Å²) in [6, 6.07) is 10.1. The van der Waals surface area contributed by atoms with E-state index in [4.69, 9.17) is 9.47 Å². The Balaban J connectivity index is 1.51. The van der Waals surface area contributed by atoms with Crippen LogP contribution in [0.5, 0.6) is 0 Å². The van der Waals surface area contributed by atoms with E-state index in [2.05, 4.69) is 5.32 Å². The molecule has 0 radical (unpaired) electrons. The highest BCUT2D eigenvalue weighted by Gasteiger charge is 2.59. The standard InChI is InChI=1S/C17H23NO3S/c1-2-20-15-11-14(17(15)9-6-10-21-17)18-16(19)12-22-13-7-4-3-5-8-13/h3-5,7-8,14-15H,2,6,9-12H2,1H3,(H,18,19)/t14-,15+,17+/m0/s1. The average Bonchev–Trinajstić information content (AvgIpc) is 3.06. The Hall–Kier alpha value is -1.04. The Bertz CT molecular complexity index is 502. The third kappa shape index (κ3) is 3.16. The van der Waals surface area contributed by atoms with E-state index in [1.165, 1.54) is 0 Å². The van der Waals surface area contributed by atoms with Gasteiger partial charge in [0.05, 0.1) is 17.9 Å². The number of amides is 1. The molecule has 3 atom stereocenters. The number of carbonyl (C=O) groups excluding carboxylic acids is 1. The number of thioether (sulfide) groups is 1. The molecule has 0 unspecified atom stereocenters. The molecular formula is C17H23NO3S. The van der Waals surface area contributed by atoms with Gasteiger partial charge in [-0.05, 0) is 38.3 Å². The van der Waals surface area contributed by atoms with Crippen LogP contribution in [-0.4, -0.2) is 42.6 Å². The molecule has 2 aliphatic rings. The van der Waals surface area contributed by atoms with Crippen molar-refractivity contribution in [2.45, 2.75) is 48.8 Å². The quantitative estimate of drug-likeness (QED) is 0.818. The molecule has 120 valence electrons. The van der Waals surface area contributed by atoms with E-state index in [9.17, 15) is 4.79 Å². The largest absolute Gasteiger partial charge is 0.375 e. The van der Waals surface area contributed by atoms with Gasteiger partial charge in [-0.25, -0.2) is 0 Å². The second-order valence-corrected chi connectivity index (χ2v) is 6.86. The van der Waals surface area contributed by atoms with E-state index in [1.807, 2.05) is 37.3 Å². The van der Waals surface area contributed by atoms with Crippen LogP contribution in [0.3, 0.4) is 0 Å². The first-order valence-electron chi connectivity index (χ1n) is 7.97. The molecule has 2 fully saturated rings. The molecule has 4 nitrogen and oxygen atoms in total. The van der Waals surface area contributed by atoms with Gasteiger partial charge in [-0.15, -0.1) is 11.8 Å². The summed E-state index contributed by atoms with van der Waals surface area (Å²) in [6.45, 7) is 3.47. The fourth-order valence-corrected chi connectivity index (χ4v) is 4.11. The maximum absolute atomic E-state index is 12.2. The van der Waals surface area contributed by atoms with Gasteiger partial charge in [-0.1, -0.05) is 18.2 Å². The van der Waals surface area contributed by atoms with Crippen molar-refractivity contribution < 1.29 is 14.3 Å². The van der Waals surface area contributed by atoms with Crippen LogP contribution in [0.25, 0.3) is 0 Å². The Kier molecular flexibility index (Phi) is 5.06. The van der Waals surface area contributed by atoms with Crippen molar-refractivity contribution in [3.8, 4) is 0 Å². The molecule has 22 heavy (non-hydrogen) atoms. The highest BCUT2D eigenvalue weighted by molar-refractivity contribution is 8.00. The van der Waals surface area contributed by atoms with Gasteiger partial charge in [-0.2, -0.15) is 0 Å². The van der Waals surface area contributed by atoms with E-state index in [0.29, 0.717) is 12.4 Å². The number of hydrogen-bond acceptors (Lipinski definition) is 4. The van der Waals surface area contributed by atoms with Crippen molar-refractivity contribution in [2.24, 2.45) is 0 Å². The van der Waals surface area contributed by atoms with Gasteiger partial charge in [0, 0.05) is 18.1 Å². The van der Waals surface area contributed by atoms with Gasteiger partial charge in [0.1, 0.15) is 5.60 Å². The zero-order chi connectivity index (χ0) is 15.4. The fourth-order valence-electron chi connectivity index (χ4n) is 3.38. The summed E-state index contributed by atoms with van der Waals surface area (Å²) in [5, 5.41) is 3.14. The lowest BCUT2D eigenvalue weighted by molar-refractivity contribution is -0.198. The highest BCUT2D eigenvalue weighted by atomic mass is 32.2. The number of benzene rings is 1. The van der Waals surface area contributed by atoms with Crippen molar-refractivity contribution in [1.29, 1.82) is 0 Å². The molecule has 5 heteroatoms. The molecule has 1 amide bonds. The summed E-state index contributed by atoms with van der Waals surface area (Å²) in [4.78, 5) is 13.3. The lowest BCUT2D eigenvalue weighted by Gasteiger charge is -2.52. The lowest BCUT2D eigenvalue weighted by atomic mass is 9.70. The van der Waals surface area contributed by atoms with Gasteiger partial charge in [0.2, 0.25) is 5.91 Å². The van der Waals surface area contributed by atoms with E-state index in [1.54, 1.807) is 11.8 Å². The van der Waals surface area contributed by atoms with E-state index in [-0.39, 0.29) is 23.7 Å². The summed E-state index contributed by atoms with van der Waals surface area (Å²) in [7, 11) is 0. The van der Waals surface area contributed by atoms with Crippen molar-refractivity contribution in [3.05, 3.63) is 30.3 Å². The van der Waals surface area contributed by atoms with E-state index in [0.717, 1.165) is 30.8 Å². The van der Waals surface area contributed by atoms with Crippen LogP contribution >= 0.6 is 11.8 Å². The Morgan fingerprint density at radius 1 is 1.45 bits per heavy atom. The molecule has 0 aromatic heterocycles. The minimum atomic E-state index is -0.275. The van der Waals surface area contributed by atoms with E-state index >= 15 is 0 Å². The van der Waals surface area contributed by atoms with Crippen LogP contribution in [0.4, 0.5) is 0 Å². The molecule has 0 bridgehead atoms. The van der Waals surface area contributed by atoms with Crippen LogP contribution < -0.4 is 5.32 Å². The smallest absolute Gasteiger partial charge is 0.230 e. The molecule has 1 aromatic rings. The van der Waals surface area contributed by atoms with Crippen LogP contribution in [0.2, 0.25) is 0 Å². The molecule has 1 heterocycles. The van der Waals surface area contributed by atoms with E-state index < -0.39 is 0 Å². The second-order valence-electron chi connectivity index (χ2n) is 5.81. The molecule has 1 N–H and O–H groups in total. The van der Waals surface area contributed by atoms with Crippen LogP contribution in [0.1, 0.15) is 26.2 Å². The maximum Gasteiger partial charge on any atom is 0.230 e. The molecule has 3 rings (SSSR count). The normalized spacial score (nSPS) is 30.2. The van der Waals surface area contributed by atoms with Crippen molar-refractivity contribution in [3.63, 3.8) is 0 Å². The van der Waals surface area contributed by atoms with Crippen LogP contribution in [0.15, 0.2) is 35.2 Å². The number of carbonyl (C=O) groups is 1. The summed E-state index contributed by atoms with van der Waals surface area (Å²) in [6.07, 6.45) is 3.02. The summed E-state index contributed by atoms with van der Waals surface area (Å²) < 4.78 is 11.7. The highest BCUT2D eigenvalue weighted by Crippen LogP contribution is 2.45. The molecule has 1 aliphatic carbocycles. The van der Waals surface area contributed by atoms with Crippen LogP contribution in [0, 0.1) is 0 Å². The van der Waals surface area contributed by atoms with Crippen molar-refractivity contribution >= 4 is 17.7 Å². The van der Waals surface area contributed by atoms with Gasteiger partial charge in [-0.3, -0.25) is 4.79 Å². The molecular weight excluding hydrogens is 298 g/mol. The molecule has 1 spiro atoms. The Morgan fingerprint density at radius 3 is 2.95 bits per heavy atom. The first-order chi connectivity index (χ1) is 10.7. The zero-order valence-electron chi connectivity index (χ0n) is 12.9. The zero-order valence-corrected chi connectivity index (χ0v) is 13.7. The number of hydrogen-bond donors (Lipinski definition) is 1. The summed E-state index contributed by atoms with van der Waals surface area (Å²) in [5.41, 5.74) is -0.275. The lowest BCUT2D eigenvalue weighted by Crippen LogP contribution is -2.69. The van der Waals surface area contributed by atoms with Gasteiger partial charge in [0.25, 0.3) is 0 Å². The minimum Gasteiger partial charge on any atom is -0.375 e. The predicted octanol–water partition coefficient (Wildman–Crippen LogP) is 2.62. The molecule has 1 aliphatic heterocycles. The monoisotopic (exact) mass is 321 g/mol. The third-order valence-electron chi connectivity index (χ3n) is 4.48. The minimum absolute atomic E-state index is 0.0728. The van der Waals surface area contributed by atoms with Crippen LogP contribution in [-0.2, 0) is 14.3 Å².